The number of imidazole rings is 1. The summed E-state index contributed by atoms with van der Waals surface area (Å²) in [6.45, 7) is 7.57. The van der Waals surface area contributed by atoms with Gasteiger partial charge < -0.3 is 19.0 Å². The van der Waals surface area contributed by atoms with E-state index >= 15 is 0 Å². The molecule has 0 spiro atoms. The van der Waals surface area contributed by atoms with Gasteiger partial charge in [-0.2, -0.15) is 0 Å². The number of amides is 1. The fraction of sp³-hybridized carbons (Fsp3) is 0.308. The van der Waals surface area contributed by atoms with E-state index in [0.29, 0.717) is 12.4 Å². The molecule has 0 unspecified atom stereocenters. The Morgan fingerprint density at radius 2 is 1.97 bits per heavy atom. The fourth-order valence-electron chi connectivity index (χ4n) is 3.92. The molecule has 2 aromatic heterocycles. The van der Waals surface area contributed by atoms with Crippen LogP contribution in [0.15, 0.2) is 65.3 Å². The smallest absolute Gasteiger partial charge is 0.287 e. The second-order valence-electron chi connectivity index (χ2n) is 8.11. The topological polar surface area (TPSA) is 69.3 Å². The van der Waals surface area contributed by atoms with Crippen LogP contribution in [-0.2, 0) is 6.54 Å². The van der Waals surface area contributed by atoms with Crippen LogP contribution in [0.4, 0.5) is 0 Å². The largest absolute Gasteiger partial charge is 0.493 e. The molecule has 6 nitrogen and oxygen atoms in total. The van der Waals surface area contributed by atoms with Gasteiger partial charge in [0.05, 0.1) is 29.9 Å². The van der Waals surface area contributed by atoms with Crippen molar-refractivity contribution in [2.45, 2.75) is 46.2 Å². The molecule has 4 aromatic rings. The number of carbonyl (C=O) groups is 1. The zero-order chi connectivity index (χ0) is 22.5. The van der Waals surface area contributed by atoms with Gasteiger partial charge in [0, 0.05) is 6.54 Å². The standard InChI is InChI=1S/C26H29N3O3/c1-18-12-13-23(19(2)17-18)31-15-7-6-14-29-22-10-5-4-9-21(22)28-25(29)20(3)27-26(30)24-11-8-16-32-24/h4-5,8-13,16-17,20H,6-7,14-15H2,1-3H3,(H,27,30)/t20-/m0/s1. The number of fused-ring (bicyclic) bond motifs is 1. The number of ether oxygens (including phenoxy) is 1. The van der Waals surface area contributed by atoms with Crippen LogP contribution in [0, 0.1) is 13.8 Å². The SMILES string of the molecule is Cc1ccc(OCCCCn2c([C@H](C)NC(=O)c3ccco3)nc3ccccc32)c(C)c1. The Kier molecular flexibility index (Phi) is 6.59. The molecule has 0 saturated heterocycles. The normalized spacial score (nSPS) is 12.1. The van der Waals surface area contributed by atoms with Gasteiger partial charge in [-0.05, 0) is 69.5 Å². The van der Waals surface area contributed by atoms with Crippen molar-refractivity contribution < 1.29 is 13.9 Å². The number of benzene rings is 2. The van der Waals surface area contributed by atoms with Crippen molar-refractivity contribution in [2.24, 2.45) is 0 Å². The summed E-state index contributed by atoms with van der Waals surface area (Å²) in [6.07, 6.45) is 3.36. The highest BCUT2D eigenvalue weighted by atomic mass is 16.5. The third-order valence-electron chi connectivity index (χ3n) is 5.53. The van der Waals surface area contributed by atoms with Gasteiger partial charge in [0.25, 0.3) is 5.91 Å². The van der Waals surface area contributed by atoms with Gasteiger partial charge in [-0.3, -0.25) is 4.79 Å². The number of aryl methyl sites for hydroxylation is 3. The average Bonchev–Trinajstić information content (AvgIpc) is 3.43. The van der Waals surface area contributed by atoms with Crippen LogP contribution in [-0.4, -0.2) is 22.1 Å². The van der Waals surface area contributed by atoms with Gasteiger partial charge in [0.1, 0.15) is 11.6 Å². The molecule has 2 heterocycles. The van der Waals surface area contributed by atoms with Gasteiger partial charge in [-0.25, -0.2) is 4.98 Å². The number of hydrogen-bond donors (Lipinski definition) is 1. The van der Waals surface area contributed by atoms with Crippen molar-refractivity contribution in [3.8, 4) is 5.75 Å². The number of nitrogens with one attached hydrogen (secondary N) is 1. The first-order valence-corrected chi connectivity index (χ1v) is 11.0. The first-order valence-electron chi connectivity index (χ1n) is 11.0. The number of aromatic nitrogens is 2. The lowest BCUT2D eigenvalue weighted by atomic mass is 10.1. The minimum absolute atomic E-state index is 0.247. The molecule has 1 atom stereocenters. The summed E-state index contributed by atoms with van der Waals surface area (Å²) in [4.78, 5) is 17.2. The number of unbranched alkanes of at least 4 members (excludes halogenated alkanes) is 1. The van der Waals surface area contributed by atoms with Crippen LogP contribution in [0.25, 0.3) is 11.0 Å². The van der Waals surface area contributed by atoms with Gasteiger partial charge in [-0.1, -0.05) is 29.8 Å². The van der Waals surface area contributed by atoms with Crippen LogP contribution in [0.1, 0.15) is 53.3 Å². The predicted octanol–water partition coefficient (Wildman–Crippen LogP) is 5.60. The second kappa shape index (κ2) is 9.73. The molecule has 0 fully saturated rings. The molecule has 0 aliphatic carbocycles. The van der Waals surface area contributed by atoms with E-state index in [2.05, 4.69) is 41.9 Å². The van der Waals surface area contributed by atoms with Crippen molar-refractivity contribution in [1.29, 1.82) is 0 Å². The van der Waals surface area contributed by atoms with Gasteiger partial charge >= 0.3 is 0 Å². The van der Waals surface area contributed by atoms with Crippen molar-refractivity contribution in [2.75, 3.05) is 6.61 Å². The summed E-state index contributed by atoms with van der Waals surface area (Å²) in [5.41, 5.74) is 4.39. The van der Waals surface area contributed by atoms with E-state index in [-0.39, 0.29) is 11.9 Å². The molecule has 0 saturated carbocycles. The zero-order valence-electron chi connectivity index (χ0n) is 18.8. The first-order chi connectivity index (χ1) is 15.5. The lowest BCUT2D eigenvalue weighted by Crippen LogP contribution is -2.28. The van der Waals surface area contributed by atoms with Crippen LogP contribution >= 0.6 is 0 Å². The quantitative estimate of drug-likeness (QED) is 0.350. The van der Waals surface area contributed by atoms with Crippen LogP contribution in [0.2, 0.25) is 0 Å². The van der Waals surface area contributed by atoms with Crippen LogP contribution in [0.5, 0.6) is 5.75 Å². The number of hydrogen-bond acceptors (Lipinski definition) is 4. The van der Waals surface area contributed by atoms with Crippen molar-refractivity contribution in [3.63, 3.8) is 0 Å². The summed E-state index contributed by atoms with van der Waals surface area (Å²) in [7, 11) is 0. The Labute approximate surface area is 188 Å². The van der Waals surface area contributed by atoms with Gasteiger partial charge in [0.2, 0.25) is 0 Å². The van der Waals surface area contributed by atoms with Gasteiger partial charge in [0.15, 0.2) is 5.76 Å². The summed E-state index contributed by atoms with van der Waals surface area (Å²) in [5.74, 6) is 1.83. The van der Waals surface area contributed by atoms with E-state index in [1.165, 1.54) is 11.8 Å². The Balaban J connectivity index is 1.41. The Morgan fingerprint density at radius 1 is 1.12 bits per heavy atom. The number of para-hydroxylation sites is 2. The maximum Gasteiger partial charge on any atom is 0.287 e. The van der Waals surface area contributed by atoms with E-state index in [9.17, 15) is 4.79 Å². The molecule has 4 rings (SSSR count). The van der Waals surface area contributed by atoms with E-state index in [4.69, 9.17) is 14.1 Å². The molecule has 32 heavy (non-hydrogen) atoms. The Morgan fingerprint density at radius 3 is 2.75 bits per heavy atom. The van der Waals surface area contributed by atoms with E-state index in [0.717, 1.165) is 47.6 Å². The second-order valence-corrected chi connectivity index (χ2v) is 8.11. The summed E-state index contributed by atoms with van der Waals surface area (Å²) in [5, 5.41) is 2.99. The number of furan rings is 1. The maximum atomic E-state index is 12.4. The summed E-state index contributed by atoms with van der Waals surface area (Å²) in [6, 6.07) is 17.4. The molecular weight excluding hydrogens is 402 g/mol. The molecular formula is C26H29N3O3. The summed E-state index contributed by atoms with van der Waals surface area (Å²) < 4.78 is 13.4. The predicted molar refractivity (Wildman–Crippen MR) is 125 cm³/mol. The van der Waals surface area contributed by atoms with Crippen LogP contribution < -0.4 is 10.1 Å². The van der Waals surface area contributed by atoms with Crippen LogP contribution in [0.3, 0.4) is 0 Å². The molecule has 0 aliphatic rings. The highest BCUT2D eigenvalue weighted by Gasteiger charge is 2.20. The monoisotopic (exact) mass is 431 g/mol. The molecule has 0 aliphatic heterocycles. The molecule has 166 valence electrons. The Bertz CT molecular complexity index is 1190. The molecule has 0 bridgehead atoms. The van der Waals surface area contributed by atoms with Crippen molar-refractivity contribution in [1.82, 2.24) is 14.9 Å². The zero-order valence-corrected chi connectivity index (χ0v) is 18.8. The Hall–Kier alpha value is -3.54. The molecule has 1 amide bonds. The molecule has 1 N–H and O–H groups in total. The average molecular weight is 432 g/mol. The highest BCUT2D eigenvalue weighted by molar-refractivity contribution is 5.91. The van der Waals surface area contributed by atoms with Crippen molar-refractivity contribution in [3.05, 3.63) is 83.6 Å². The maximum absolute atomic E-state index is 12.4. The minimum atomic E-state index is -0.258. The lowest BCUT2D eigenvalue weighted by molar-refractivity contribution is 0.0909. The number of nitrogens with zero attached hydrogens (tertiary/aromatic N) is 2. The van der Waals surface area contributed by atoms with E-state index in [1.807, 2.05) is 31.2 Å². The van der Waals surface area contributed by atoms with Crippen molar-refractivity contribution >= 4 is 16.9 Å². The van der Waals surface area contributed by atoms with Gasteiger partial charge in [-0.15, -0.1) is 0 Å². The molecule has 2 aromatic carbocycles. The minimum Gasteiger partial charge on any atom is -0.493 e. The van der Waals surface area contributed by atoms with E-state index in [1.54, 1.807) is 12.1 Å². The first kappa shape index (κ1) is 21.7. The molecule has 0 radical (unpaired) electrons. The third-order valence-corrected chi connectivity index (χ3v) is 5.53. The third kappa shape index (κ3) is 4.85. The summed E-state index contributed by atoms with van der Waals surface area (Å²) >= 11 is 0. The fourth-order valence-corrected chi connectivity index (χ4v) is 3.92. The number of rotatable bonds is 9. The number of carbonyl (C=O) groups excluding carboxylic acids is 1. The lowest BCUT2D eigenvalue weighted by Gasteiger charge is -2.16. The molecule has 6 heteroatoms. The highest BCUT2D eigenvalue weighted by Crippen LogP contribution is 2.23. The van der Waals surface area contributed by atoms with E-state index < -0.39 is 0 Å².